The molecule has 0 saturated heterocycles. The summed E-state index contributed by atoms with van der Waals surface area (Å²) in [5.41, 5.74) is 6.91. The predicted molar refractivity (Wildman–Crippen MR) is 102 cm³/mol. The molecule has 4 nitrogen and oxygen atoms in total. The third-order valence-electron chi connectivity index (χ3n) is 4.34. The van der Waals surface area contributed by atoms with E-state index in [-0.39, 0.29) is 0 Å². The Balaban J connectivity index is 2.09. The molecule has 0 atom stereocenters. The van der Waals surface area contributed by atoms with Crippen molar-refractivity contribution in [3.63, 3.8) is 0 Å². The average Bonchev–Trinajstić information content (AvgIpc) is 2.92. The van der Waals surface area contributed by atoms with Gasteiger partial charge in [-0.05, 0) is 25.5 Å². The summed E-state index contributed by atoms with van der Waals surface area (Å²) in [6.45, 7) is 5.35. The van der Waals surface area contributed by atoms with Crippen molar-refractivity contribution in [1.29, 1.82) is 0 Å². The van der Waals surface area contributed by atoms with Gasteiger partial charge in [0.1, 0.15) is 11.4 Å². The van der Waals surface area contributed by atoms with Gasteiger partial charge in [0.25, 0.3) is 0 Å². The average molecular weight is 416 g/mol. The lowest BCUT2D eigenvalue weighted by atomic mass is 9.95. The molecule has 0 spiro atoms. The van der Waals surface area contributed by atoms with Gasteiger partial charge in [-0.1, -0.05) is 47.7 Å². The number of hydrogen-bond donors (Lipinski definition) is 0. The van der Waals surface area contributed by atoms with Gasteiger partial charge in [0.2, 0.25) is 0 Å². The van der Waals surface area contributed by atoms with E-state index >= 15 is 0 Å². The van der Waals surface area contributed by atoms with Crippen LogP contribution in [0.1, 0.15) is 19.4 Å². The quantitative estimate of drug-likeness (QED) is 0.547. The molecule has 2 aromatic carbocycles. The topological polar surface area (TPSA) is 34.0 Å². The lowest BCUT2D eigenvalue weighted by Crippen LogP contribution is -2.31. The highest BCUT2D eigenvalue weighted by molar-refractivity contribution is 14.1. The maximum atomic E-state index is 4.46. The summed E-state index contributed by atoms with van der Waals surface area (Å²) in [6, 6.07) is 17.4. The van der Waals surface area contributed by atoms with Crippen molar-refractivity contribution in [3.8, 4) is 22.5 Å². The van der Waals surface area contributed by atoms with Gasteiger partial charge in [-0.25, -0.2) is 0 Å². The number of benzene rings is 2. The SMILES string of the molecule is CC(C)N1Cc2ccccc2-c2nnn(I)c2-c2ccccc21. The van der Waals surface area contributed by atoms with Crippen molar-refractivity contribution in [2.75, 3.05) is 4.90 Å². The lowest BCUT2D eigenvalue weighted by Gasteiger charge is -2.33. The number of fused-ring (bicyclic) bond motifs is 5. The fourth-order valence-electron chi connectivity index (χ4n) is 3.21. The van der Waals surface area contributed by atoms with Crippen LogP contribution in [0.3, 0.4) is 0 Å². The first-order valence-corrected chi connectivity index (χ1v) is 8.69. The van der Waals surface area contributed by atoms with Gasteiger partial charge >= 0.3 is 0 Å². The summed E-state index contributed by atoms with van der Waals surface area (Å²) in [5, 5.41) is 8.74. The van der Waals surface area contributed by atoms with E-state index in [1.54, 1.807) is 0 Å². The fraction of sp³-hybridized carbons (Fsp3) is 0.222. The third-order valence-corrected chi connectivity index (χ3v) is 5.01. The zero-order valence-electron chi connectivity index (χ0n) is 13.1. The molecule has 3 aromatic rings. The molecule has 1 aliphatic heterocycles. The number of para-hydroxylation sites is 1. The van der Waals surface area contributed by atoms with Crippen molar-refractivity contribution in [1.82, 2.24) is 13.2 Å². The van der Waals surface area contributed by atoms with Crippen molar-refractivity contribution < 1.29 is 0 Å². The number of rotatable bonds is 1. The lowest BCUT2D eigenvalue weighted by molar-refractivity contribution is 0.683. The molecule has 2 heterocycles. The standard InChI is InChI=1S/C18H17IN4/c1-12(2)22-11-13-7-3-4-8-14(13)17-18(23(19)21-20-17)15-9-5-6-10-16(15)22/h3-10,12H,11H2,1-2H3. The van der Waals surface area contributed by atoms with Crippen LogP contribution in [0.2, 0.25) is 0 Å². The molecule has 1 aromatic heterocycles. The number of nitrogens with zero attached hydrogens (tertiary/aromatic N) is 4. The summed E-state index contributed by atoms with van der Waals surface area (Å²) >= 11 is 2.21. The normalized spacial score (nSPS) is 13.1. The first-order chi connectivity index (χ1) is 11.2. The van der Waals surface area contributed by atoms with Crippen LogP contribution in [0.15, 0.2) is 48.5 Å². The molecule has 4 rings (SSSR count). The minimum Gasteiger partial charge on any atom is -0.364 e. The number of anilines is 1. The van der Waals surface area contributed by atoms with Crippen LogP contribution in [0, 0.1) is 0 Å². The van der Waals surface area contributed by atoms with Crippen molar-refractivity contribution >= 4 is 28.6 Å². The first kappa shape index (κ1) is 14.7. The highest BCUT2D eigenvalue weighted by Gasteiger charge is 2.26. The molecule has 0 N–H and O–H groups in total. The van der Waals surface area contributed by atoms with Crippen molar-refractivity contribution in [3.05, 3.63) is 54.1 Å². The van der Waals surface area contributed by atoms with Gasteiger partial charge in [-0.15, -0.1) is 5.10 Å². The Bertz CT molecular complexity index is 869. The van der Waals surface area contributed by atoms with Crippen molar-refractivity contribution in [2.24, 2.45) is 0 Å². The van der Waals surface area contributed by atoms with E-state index in [1.165, 1.54) is 22.4 Å². The van der Waals surface area contributed by atoms with Gasteiger partial charge in [0, 0.05) is 29.4 Å². The molecule has 0 bridgehead atoms. The molecule has 0 amide bonds. The maximum Gasteiger partial charge on any atom is 0.122 e. The summed E-state index contributed by atoms with van der Waals surface area (Å²) in [5.74, 6) is 0. The molecule has 5 heteroatoms. The second-order valence-electron chi connectivity index (χ2n) is 6.04. The molecule has 0 unspecified atom stereocenters. The zero-order chi connectivity index (χ0) is 16.0. The van der Waals surface area contributed by atoms with Crippen LogP contribution >= 0.6 is 22.9 Å². The minimum absolute atomic E-state index is 0.407. The molecule has 0 radical (unpaired) electrons. The number of halogens is 1. The van der Waals surface area contributed by atoms with Gasteiger partial charge in [-0.2, -0.15) is 2.90 Å². The Morgan fingerprint density at radius 3 is 2.48 bits per heavy atom. The van der Waals surface area contributed by atoms with Gasteiger partial charge in [0.05, 0.1) is 22.9 Å². The number of hydrogen-bond acceptors (Lipinski definition) is 3. The summed E-state index contributed by atoms with van der Waals surface area (Å²) in [7, 11) is 0. The Morgan fingerprint density at radius 1 is 1.00 bits per heavy atom. The first-order valence-electron chi connectivity index (χ1n) is 7.73. The molecule has 23 heavy (non-hydrogen) atoms. The zero-order valence-corrected chi connectivity index (χ0v) is 15.2. The number of aromatic nitrogens is 3. The summed E-state index contributed by atoms with van der Waals surface area (Å²) in [4.78, 5) is 2.45. The van der Waals surface area contributed by atoms with Crippen LogP contribution in [0.25, 0.3) is 22.5 Å². The Morgan fingerprint density at radius 2 is 1.70 bits per heavy atom. The van der Waals surface area contributed by atoms with Gasteiger partial charge < -0.3 is 4.90 Å². The second kappa shape index (κ2) is 5.63. The monoisotopic (exact) mass is 416 g/mol. The highest BCUT2D eigenvalue weighted by atomic mass is 127. The Hall–Kier alpha value is -1.89. The second-order valence-corrected chi connectivity index (χ2v) is 6.96. The van der Waals surface area contributed by atoms with Crippen LogP contribution in [-0.2, 0) is 6.54 Å². The minimum atomic E-state index is 0.407. The van der Waals surface area contributed by atoms with Crippen LogP contribution in [0.4, 0.5) is 5.69 Å². The molecule has 0 aliphatic carbocycles. The van der Waals surface area contributed by atoms with E-state index < -0.39 is 0 Å². The van der Waals surface area contributed by atoms with Gasteiger partial charge in [0.15, 0.2) is 0 Å². The molecule has 0 fully saturated rings. The molecular weight excluding hydrogens is 399 g/mol. The van der Waals surface area contributed by atoms with Crippen molar-refractivity contribution in [2.45, 2.75) is 26.4 Å². The molecule has 1 aliphatic rings. The molecule has 116 valence electrons. The fourth-order valence-corrected chi connectivity index (χ4v) is 3.80. The van der Waals surface area contributed by atoms with E-state index in [1.807, 2.05) is 2.90 Å². The Labute approximate surface area is 149 Å². The summed E-state index contributed by atoms with van der Waals surface area (Å²) in [6.07, 6.45) is 0. The smallest absolute Gasteiger partial charge is 0.122 e. The molecule has 0 saturated carbocycles. The largest absolute Gasteiger partial charge is 0.364 e. The van der Waals surface area contributed by atoms with Crippen LogP contribution < -0.4 is 4.90 Å². The maximum absolute atomic E-state index is 4.46. The summed E-state index contributed by atoms with van der Waals surface area (Å²) < 4.78 is 1.85. The highest BCUT2D eigenvalue weighted by Crippen LogP contribution is 2.41. The predicted octanol–water partition coefficient (Wildman–Crippen LogP) is 4.54. The molecular formula is C18H17IN4. The van der Waals surface area contributed by atoms with E-state index in [2.05, 4.69) is 100 Å². The van der Waals surface area contributed by atoms with E-state index in [4.69, 9.17) is 0 Å². The van der Waals surface area contributed by atoms with Crippen LogP contribution in [0.5, 0.6) is 0 Å². The third kappa shape index (κ3) is 2.34. The Kier molecular flexibility index (Phi) is 3.60. The van der Waals surface area contributed by atoms with Gasteiger partial charge in [-0.3, -0.25) is 0 Å². The van der Waals surface area contributed by atoms with E-state index in [9.17, 15) is 0 Å². The van der Waals surface area contributed by atoms with E-state index in [0.29, 0.717) is 6.04 Å². The van der Waals surface area contributed by atoms with Crippen LogP contribution in [-0.4, -0.2) is 19.2 Å². The van der Waals surface area contributed by atoms with E-state index in [0.717, 1.165) is 17.9 Å².